The van der Waals surface area contributed by atoms with Crippen molar-refractivity contribution >= 4 is 6.09 Å². The van der Waals surface area contributed by atoms with Crippen molar-refractivity contribution in [2.45, 2.75) is 31.5 Å². The van der Waals surface area contributed by atoms with Crippen molar-refractivity contribution < 1.29 is 24.1 Å². The standard InChI is InChI=1S/C19H28N2O5/c1-3-21-14-19(26-18(21)23)8-10-20(11-9-19)12-15(22)13-25-17-7-5-4-6-16(17)24-2/h4-7,15,22H,3,8-14H2,1-2H3. The first-order valence-corrected chi connectivity index (χ1v) is 9.19. The highest BCUT2D eigenvalue weighted by molar-refractivity contribution is 5.70. The Morgan fingerprint density at radius 1 is 1.27 bits per heavy atom. The van der Waals surface area contributed by atoms with Crippen LogP contribution < -0.4 is 9.47 Å². The maximum atomic E-state index is 11.8. The number of benzene rings is 1. The minimum absolute atomic E-state index is 0.203. The first-order chi connectivity index (χ1) is 12.5. The van der Waals surface area contributed by atoms with Gasteiger partial charge in [0.05, 0.1) is 13.7 Å². The van der Waals surface area contributed by atoms with Crippen molar-refractivity contribution in [2.75, 3.05) is 46.4 Å². The van der Waals surface area contributed by atoms with Crippen LogP contribution in [0.5, 0.6) is 11.5 Å². The third-order valence-corrected chi connectivity index (χ3v) is 5.16. The van der Waals surface area contributed by atoms with E-state index in [9.17, 15) is 9.90 Å². The van der Waals surface area contributed by atoms with Crippen molar-refractivity contribution in [3.63, 3.8) is 0 Å². The number of aliphatic hydroxyl groups is 1. The van der Waals surface area contributed by atoms with Gasteiger partial charge in [-0.3, -0.25) is 0 Å². The minimum atomic E-state index is -0.591. The van der Waals surface area contributed by atoms with E-state index in [2.05, 4.69) is 4.90 Å². The summed E-state index contributed by atoms with van der Waals surface area (Å²) in [5.74, 6) is 1.28. The van der Waals surface area contributed by atoms with Crippen molar-refractivity contribution in [1.29, 1.82) is 0 Å². The number of amides is 1. The van der Waals surface area contributed by atoms with Crippen LogP contribution in [0.2, 0.25) is 0 Å². The third-order valence-electron chi connectivity index (χ3n) is 5.16. The van der Waals surface area contributed by atoms with Crippen molar-refractivity contribution in [1.82, 2.24) is 9.80 Å². The molecule has 2 heterocycles. The van der Waals surface area contributed by atoms with Gasteiger partial charge in [-0.25, -0.2) is 4.79 Å². The van der Waals surface area contributed by atoms with Gasteiger partial charge in [-0.1, -0.05) is 12.1 Å². The van der Waals surface area contributed by atoms with Gasteiger partial charge in [0, 0.05) is 39.0 Å². The summed E-state index contributed by atoms with van der Waals surface area (Å²) in [4.78, 5) is 15.8. The van der Waals surface area contributed by atoms with Gasteiger partial charge in [0.2, 0.25) is 0 Å². The number of carbonyl (C=O) groups is 1. The van der Waals surface area contributed by atoms with Crippen LogP contribution in [-0.4, -0.2) is 79.1 Å². The molecule has 2 aliphatic heterocycles. The zero-order chi connectivity index (χ0) is 18.6. The number of rotatable bonds is 7. The molecule has 0 radical (unpaired) electrons. The Bertz CT molecular complexity index is 616. The van der Waals surface area contributed by atoms with Gasteiger partial charge >= 0.3 is 6.09 Å². The predicted molar refractivity (Wildman–Crippen MR) is 96.6 cm³/mol. The number of para-hydroxylation sites is 2. The number of ether oxygens (including phenoxy) is 3. The second kappa shape index (κ2) is 8.14. The molecule has 7 heteroatoms. The molecule has 0 bridgehead atoms. The average molecular weight is 364 g/mol. The molecule has 3 rings (SSSR count). The molecule has 1 amide bonds. The molecule has 2 fully saturated rings. The van der Waals surface area contributed by atoms with Crippen molar-refractivity contribution in [3.05, 3.63) is 24.3 Å². The monoisotopic (exact) mass is 364 g/mol. The Morgan fingerprint density at radius 2 is 1.96 bits per heavy atom. The molecule has 1 N–H and O–H groups in total. The third kappa shape index (κ3) is 4.22. The summed E-state index contributed by atoms with van der Waals surface area (Å²) in [6, 6.07) is 7.40. The van der Waals surface area contributed by atoms with E-state index in [1.165, 1.54) is 0 Å². The molecule has 1 unspecified atom stereocenters. The molecule has 1 spiro atoms. The second-order valence-corrected chi connectivity index (χ2v) is 6.98. The topological polar surface area (TPSA) is 71.5 Å². The van der Waals surface area contributed by atoms with Crippen LogP contribution in [0.4, 0.5) is 4.79 Å². The number of hydrogen-bond donors (Lipinski definition) is 1. The maximum absolute atomic E-state index is 11.8. The Balaban J connectivity index is 1.44. The SMILES string of the molecule is CCN1CC2(CCN(CC(O)COc3ccccc3OC)CC2)OC1=O. The lowest BCUT2D eigenvalue weighted by Crippen LogP contribution is -2.49. The highest BCUT2D eigenvalue weighted by atomic mass is 16.6. The summed E-state index contributed by atoms with van der Waals surface area (Å²) < 4.78 is 16.6. The first-order valence-electron chi connectivity index (χ1n) is 9.19. The molecule has 1 aromatic carbocycles. The fourth-order valence-electron chi connectivity index (χ4n) is 3.61. The number of likely N-dealkylation sites (N-methyl/N-ethyl adjacent to an activating group) is 1. The number of carbonyl (C=O) groups excluding carboxylic acids is 1. The number of likely N-dealkylation sites (tertiary alicyclic amines) is 1. The second-order valence-electron chi connectivity index (χ2n) is 6.98. The Hall–Kier alpha value is -1.99. The summed E-state index contributed by atoms with van der Waals surface area (Å²) in [7, 11) is 1.59. The van der Waals surface area contributed by atoms with Crippen LogP contribution in [0.1, 0.15) is 19.8 Å². The lowest BCUT2D eigenvalue weighted by atomic mass is 9.91. The Labute approximate surface area is 154 Å². The summed E-state index contributed by atoms with van der Waals surface area (Å²) in [6.07, 6.45) is 0.809. The smallest absolute Gasteiger partial charge is 0.410 e. The molecule has 7 nitrogen and oxygen atoms in total. The van der Waals surface area contributed by atoms with Gasteiger partial charge in [-0.05, 0) is 19.1 Å². The number of piperidine rings is 1. The summed E-state index contributed by atoms with van der Waals surface area (Å²) in [6.45, 7) is 5.68. The highest BCUT2D eigenvalue weighted by Gasteiger charge is 2.46. The van der Waals surface area contributed by atoms with Gasteiger partial charge in [-0.2, -0.15) is 0 Å². The Kier molecular flexibility index (Phi) is 5.88. The van der Waals surface area contributed by atoms with Crippen LogP contribution >= 0.6 is 0 Å². The summed E-state index contributed by atoms with van der Waals surface area (Å²) in [5, 5.41) is 10.3. The van der Waals surface area contributed by atoms with Crippen molar-refractivity contribution in [3.8, 4) is 11.5 Å². The molecule has 2 aliphatic rings. The van der Waals surface area contributed by atoms with Crippen molar-refractivity contribution in [2.24, 2.45) is 0 Å². The van der Waals surface area contributed by atoms with Gasteiger partial charge in [0.1, 0.15) is 18.3 Å². The highest BCUT2D eigenvalue weighted by Crippen LogP contribution is 2.33. The lowest BCUT2D eigenvalue weighted by molar-refractivity contribution is -0.0145. The van der Waals surface area contributed by atoms with E-state index in [1.807, 2.05) is 31.2 Å². The van der Waals surface area contributed by atoms with E-state index < -0.39 is 6.10 Å². The van der Waals surface area contributed by atoms with E-state index in [1.54, 1.807) is 12.0 Å². The molecule has 0 aliphatic carbocycles. The number of aliphatic hydroxyl groups excluding tert-OH is 1. The molecule has 144 valence electrons. The summed E-state index contributed by atoms with van der Waals surface area (Å²) >= 11 is 0. The van der Waals surface area contributed by atoms with Gasteiger partial charge in [0.15, 0.2) is 11.5 Å². The number of nitrogens with zero attached hydrogens (tertiary/aromatic N) is 2. The molecule has 0 aromatic heterocycles. The summed E-state index contributed by atoms with van der Waals surface area (Å²) in [5.41, 5.74) is -0.345. The largest absolute Gasteiger partial charge is 0.493 e. The van der Waals surface area contributed by atoms with Crippen LogP contribution in [0.3, 0.4) is 0 Å². The van der Waals surface area contributed by atoms with E-state index >= 15 is 0 Å². The van der Waals surface area contributed by atoms with E-state index in [0.717, 1.165) is 25.9 Å². The number of hydrogen-bond acceptors (Lipinski definition) is 6. The normalized spacial score (nSPS) is 20.9. The molecule has 1 atom stereocenters. The molecular weight excluding hydrogens is 336 g/mol. The van der Waals surface area contributed by atoms with E-state index in [0.29, 0.717) is 31.1 Å². The Morgan fingerprint density at radius 3 is 2.58 bits per heavy atom. The fourth-order valence-corrected chi connectivity index (χ4v) is 3.61. The average Bonchev–Trinajstić information content (AvgIpc) is 2.97. The molecule has 2 saturated heterocycles. The zero-order valence-corrected chi connectivity index (χ0v) is 15.5. The molecule has 1 aromatic rings. The van der Waals surface area contributed by atoms with E-state index in [-0.39, 0.29) is 18.3 Å². The lowest BCUT2D eigenvalue weighted by Gasteiger charge is -2.38. The molecule has 26 heavy (non-hydrogen) atoms. The van der Waals surface area contributed by atoms with Gasteiger partial charge in [0.25, 0.3) is 0 Å². The van der Waals surface area contributed by atoms with Crippen LogP contribution in [0, 0.1) is 0 Å². The van der Waals surface area contributed by atoms with Crippen LogP contribution in [0.15, 0.2) is 24.3 Å². The predicted octanol–water partition coefficient (Wildman–Crippen LogP) is 1.74. The number of β-amino-alcohol motifs (C(OH)–C–C–N with tert-alkyl or cyclic N) is 1. The number of methoxy groups -OCH3 is 1. The van der Waals surface area contributed by atoms with Crippen LogP contribution in [0.25, 0.3) is 0 Å². The van der Waals surface area contributed by atoms with Gasteiger partial charge in [-0.15, -0.1) is 0 Å². The molecular formula is C19H28N2O5. The fraction of sp³-hybridized carbons (Fsp3) is 0.632. The first kappa shape index (κ1) is 18.8. The molecule has 0 saturated carbocycles. The maximum Gasteiger partial charge on any atom is 0.410 e. The van der Waals surface area contributed by atoms with Gasteiger partial charge < -0.3 is 29.1 Å². The minimum Gasteiger partial charge on any atom is -0.493 e. The quantitative estimate of drug-likeness (QED) is 0.795. The van der Waals surface area contributed by atoms with Crippen LogP contribution in [-0.2, 0) is 4.74 Å². The van der Waals surface area contributed by atoms with E-state index in [4.69, 9.17) is 14.2 Å². The zero-order valence-electron chi connectivity index (χ0n) is 15.5.